The van der Waals surface area contributed by atoms with Gasteiger partial charge in [-0.05, 0) is 51.4 Å². The van der Waals surface area contributed by atoms with E-state index >= 15 is 0 Å². The zero-order chi connectivity index (χ0) is 16.0. The molecule has 6 heteroatoms. The highest BCUT2D eigenvalue weighted by molar-refractivity contribution is 5.80. The molecule has 2 saturated heterocycles. The van der Waals surface area contributed by atoms with E-state index in [1.54, 1.807) is 4.90 Å². The van der Waals surface area contributed by atoms with Gasteiger partial charge in [0.2, 0.25) is 0 Å². The number of carbonyl (C=O) groups excluding carboxylic acids is 2. The van der Waals surface area contributed by atoms with Crippen molar-refractivity contribution in [2.24, 2.45) is 10.2 Å². The van der Waals surface area contributed by atoms with Gasteiger partial charge in [0.25, 0.3) is 0 Å². The van der Waals surface area contributed by atoms with E-state index in [0.29, 0.717) is 0 Å². The Kier molecular flexibility index (Phi) is 5.91. The van der Waals surface area contributed by atoms with Crippen molar-refractivity contribution >= 4 is 12.1 Å². The SMILES string of the molecule is CCC1(CC)CCCCN1C(=O)N=NC(=O)N1CCCCC1. The molecule has 0 bridgehead atoms. The second-order valence-electron chi connectivity index (χ2n) is 6.35. The summed E-state index contributed by atoms with van der Waals surface area (Å²) in [7, 11) is 0. The summed E-state index contributed by atoms with van der Waals surface area (Å²) >= 11 is 0. The largest absolute Gasteiger partial charge is 0.362 e. The zero-order valence-electron chi connectivity index (χ0n) is 13.9. The Morgan fingerprint density at radius 2 is 1.45 bits per heavy atom. The molecule has 0 atom stereocenters. The van der Waals surface area contributed by atoms with Crippen molar-refractivity contribution in [3.8, 4) is 0 Å². The monoisotopic (exact) mass is 308 g/mol. The summed E-state index contributed by atoms with van der Waals surface area (Å²) in [4.78, 5) is 27.9. The molecule has 4 amide bonds. The highest BCUT2D eigenvalue weighted by atomic mass is 16.2. The molecule has 6 nitrogen and oxygen atoms in total. The van der Waals surface area contributed by atoms with Crippen molar-refractivity contribution in [3.63, 3.8) is 0 Å². The third-order valence-electron chi connectivity index (χ3n) is 5.24. The lowest BCUT2D eigenvalue weighted by Gasteiger charge is -2.45. The fourth-order valence-electron chi connectivity index (χ4n) is 3.67. The van der Waals surface area contributed by atoms with Crippen LogP contribution in [0.5, 0.6) is 0 Å². The summed E-state index contributed by atoms with van der Waals surface area (Å²) in [5.41, 5.74) is -0.109. The number of hydrogen-bond acceptors (Lipinski definition) is 2. The molecule has 0 aliphatic carbocycles. The number of hydrogen-bond donors (Lipinski definition) is 0. The van der Waals surface area contributed by atoms with Crippen molar-refractivity contribution in [3.05, 3.63) is 0 Å². The van der Waals surface area contributed by atoms with Gasteiger partial charge >= 0.3 is 12.1 Å². The maximum Gasteiger partial charge on any atom is 0.362 e. The predicted octanol–water partition coefficient (Wildman–Crippen LogP) is 4.21. The first-order chi connectivity index (χ1) is 10.6. The number of nitrogens with zero attached hydrogens (tertiary/aromatic N) is 4. The molecule has 2 fully saturated rings. The van der Waals surface area contributed by atoms with E-state index < -0.39 is 0 Å². The van der Waals surface area contributed by atoms with Crippen LogP contribution in [0.4, 0.5) is 9.59 Å². The Balaban J connectivity index is 2.00. The molecule has 0 aromatic heterocycles. The minimum atomic E-state index is -0.372. The normalized spacial score (nSPS) is 22.1. The minimum Gasteiger partial charge on any atom is -0.322 e. The van der Waals surface area contributed by atoms with Gasteiger partial charge in [0.15, 0.2) is 0 Å². The molecule has 22 heavy (non-hydrogen) atoms. The van der Waals surface area contributed by atoms with Gasteiger partial charge in [-0.15, -0.1) is 0 Å². The number of piperidine rings is 2. The van der Waals surface area contributed by atoms with Gasteiger partial charge in [0, 0.05) is 25.2 Å². The van der Waals surface area contributed by atoms with E-state index in [9.17, 15) is 9.59 Å². The Bertz CT molecular complexity index is 426. The topological polar surface area (TPSA) is 65.3 Å². The number of likely N-dealkylation sites (tertiary alicyclic amines) is 2. The van der Waals surface area contributed by atoms with Crippen LogP contribution < -0.4 is 0 Å². The Morgan fingerprint density at radius 1 is 0.864 bits per heavy atom. The van der Waals surface area contributed by atoms with Crippen LogP contribution in [0.25, 0.3) is 0 Å². The summed E-state index contributed by atoms with van der Waals surface area (Å²) in [6, 6.07) is -0.725. The standard InChI is InChI=1S/C16H28N4O2/c1-3-16(4-2)10-6-9-13-20(16)15(22)18-17-14(21)19-11-7-5-8-12-19/h3-13H2,1-2H3. The Labute approximate surface area is 132 Å². The molecule has 2 heterocycles. The van der Waals surface area contributed by atoms with E-state index in [4.69, 9.17) is 0 Å². The number of carbonyl (C=O) groups is 2. The lowest BCUT2D eigenvalue weighted by atomic mass is 9.82. The summed E-state index contributed by atoms with van der Waals surface area (Å²) in [5, 5.41) is 7.41. The van der Waals surface area contributed by atoms with Gasteiger partial charge in [-0.1, -0.05) is 24.1 Å². The second-order valence-corrected chi connectivity index (χ2v) is 6.35. The molecule has 2 rings (SSSR count). The van der Waals surface area contributed by atoms with Crippen LogP contribution >= 0.6 is 0 Å². The third-order valence-corrected chi connectivity index (χ3v) is 5.24. The van der Waals surface area contributed by atoms with Crippen molar-refractivity contribution < 1.29 is 9.59 Å². The maximum atomic E-state index is 12.4. The molecule has 0 unspecified atom stereocenters. The smallest absolute Gasteiger partial charge is 0.322 e. The lowest BCUT2D eigenvalue weighted by molar-refractivity contribution is 0.0732. The molecule has 2 aliphatic heterocycles. The molecule has 0 aromatic carbocycles. The number of amides is 4. The van der Waals surface area contributed by atoms with Crippen LogP contribution in [0.1, 0.15) is 65.2 Å². The summed E-state index contributed by atoms with van der Waals surface area (Å²) in [6.45, 7) is 6.40. The van der Waals surface area contributed by atoms with E-state index in [1.807, 2.05) is 4.90 Å². The van der Waals surface area contributed by atoms with Crippen molar-refractivity contribution in [2.75, 3.05) is 19.6 Å². The average molecular weight is 308 g/mol. The molecular formula is C16H28N4O2. The molecule has 0 aromatic rings. The van der Waals surface area contributed by atoms with Crippen LogP contribution in [0, 0.1) is 0 Å². The molecule has 0 saturated carbocycles. The van der Waals surface area contributed by atoms with Crippen LogP contribution in [-0.2, 0) is 0 Å². The lowest BCUT2D eigenvalue weighted by Crippen LogP contribution is -2.53. The van der Waals surface area contributed by atoms with Gasteiger partial charge in [0.1, 0.15) is 0 Å². The van der Waals surface area contributed by atoms with E-state index in [-0.39, 0.29) is 17.6 Å². The van der Waals surface area contributed by atoms with E-state index in [0.717, 1.165) is 71.0 Å². The number of urea groups is 2. The van der Waals surface area contributed by atoms with Crippen LogP contribution in [0.2, 0.25) is 0 Å². The first-order valence-corrected chi connectivity index (χ1v) is 8.65. The van der Waals surface area contributed by atoms with Crippen LogP contribution in [-0.4, -0.2) is 47.0 Å². The fourth-order valence-corrected chi connectivity index (χ4v) is 3.67. The second kappa shape index (κ2) is 7.70. The van der Waals surface area contributed by atoms with Crippen molar-refractivity contribution in [1.82, 2.24) is 9.80 Å². The molecule has 0 spiro atoms. The third kappa shape index (κ3) is 3.65. The molecule has 124 valence electrons. The first kappa shape index (κ1) is 16.9. The van der Waals surface area contributed by atoms with Gasteiger partial charge in [-0.3, -0.25) is 0 Å². The van der Waals surface area contributed by atoms with Crippen molar-refractivity contribution in [1.29, 1.82) is 0 Å². The summed E-state index contributed by atoms with van der Waals surface area (Å²) in [6.07, 6.45) is 8.19. The average Bonchev–Trinajstić information content (AvgIpc) is 2.59. The van der Waals surface area contributed by atoms with Crippen molar-refractivity contribution in [2.45, 2.75) is 70.8 Å². The van der Waals surface area contributed by atoms with E-state index in [1.165, 1.54) is 0 Å². The molecule has 0 radical (unpaired) electrons. The minimum absolute atomic E-state index is 0.109. The molecule has 0 N–H and O–H groups in total. The predicted molar refractivity (Wildman–Crippen MR) is 84.9 cm³/mol. The summed E-state index contributed by atoms with van der Waals surface area (Å²) < 4.78 is 0. The van der Waals surface area contributed by atoms with Crippen LogP contribution in [0.3, 0.4) is 0 Å². The molecule has 2 aliphatic rings. The van der Waals surface area contributed by atoms with Crippen LogP contribution in [0.15, 0.2) is 10.2 Å². The number of azo groups is 1. The van der Waals surface area contributed by atoms with E-state index in [2.05, 4.69) is 24.1 Å². The fraction of sp³-hybridized carbons (Fsp3) is 0.875. The van der Waals surface area contributed by atoms with Gasteiger partial charge in [0.05, 0.1) is 0 Å². The zero-order valence-corrected chi connectivity index (χ0v) is 13.9. The Morgan fingerprint density at radius 3 is 2.09 bits per heavy atom. The van der Waals surface area contributed by atoms with Gasteiger partial charge < -0.3 is 9.80 Å². The highest BCUT2D eigenvalue weighted by Gasteiger charge is 2.38. The van der Waals surface area contributed by atoms with Gasteiger partial charge in [-0.25, -0.2) is 9.59 Å². The Hall–Kier alpha value is -1.46. The highest BCUT2D eigenvalue weighted by Crippen LogP contribution is 2.34. The van der Waals surface area contributed by atoms with Gasteiger partial charge in [-0.2, -0.15) is 0 Å². The number of rotatable bonds is 2. The first-order valence-electron chi connectivity index (χ1n) is 8.65. The molecular weight excluding hydrogens is 280 g/mol. The maximum absolute atomic E-state index is 12.4. The quantitative estimate of drug-likeness (QED) is 0.717. The summed E-state index contributed by atoms with van der Waals surface area (Å²) in [5.74, 6) is 0.